The van der Waals surface area contributed by atoms with E-state index >= 15 is 0 Å². The molecule has 0 fully saturated rings. The van der Waals surface area contributed by atoms with Crippen molar-refractivity contribution in [3.8, 4) is 0 Å². The number of carboxylic acids is 1. The molecule has 16 heavy (non-hydrogen) atoms. The summed E-state index contributed by atoms with van der Waals surface area (Å²) in [4.78, 5) is 22.4. The van der Waals surface area contributed by atoms with Crippen molar-refractivity contribution in [2.45, 2.75) is 13.8 Å². The first kappa shape index (κ1) is 10.4. The van der Waals surface area contributed by atoms with Crippen LogP contribution in [0, 0.1) is 13.8 Å². The van der Waals surface area contributed by atoms with Crippen molar-refractivity contribution in [1.82, 2.24) is 0 Å². The van der Waals surface area contributed by atoms with Gasteiger partial charge in [-0.3, -0.25) is 4.79 Å². The molecule has 0 amide bonds. The Labute approximate surface area is 91.1 Å². The van der Waals surface area contributed by atoms with Crippen LogP contribution in [0.4, 0.5) is 0 Å². The first-order chi connectivity index (χ1) is 7.50. The fraction of sp³-hybridized carbons (Fsp3) is 0.167. The number of hydrogen-bond acceptors (Lipinski definition) is 3. The monoisotopic (exact) mass is 218 g/mol. The van der Waals surface area contributed by atoms with E-state index in [-0.39, 0.29) is 11.2 Å². The van der Waals surface area contributed by atoms with Crippen LogP contribution in [0.2, 0.25) is 0 Å². The Hall–Kier alpha value is -2.10. The van der Waals surface area contributed by atoms with Gasteiger partial charge in [-0.05, 0) is 31.0 Å². The van der Waals surface area contributed by atoms with Gasteiger partial charge in [-0.15, -0.1) is 0 Å². The van der Waals surface area contributed by atoms with Crippen LogP contribution in [0.3, 0.4) is 0 Å². The Morgan fingerprint density at radius 2 is 2.00 bits per heavy atom. The maximum atomic E-state index is 11.6. The minimum atomic E-state index is -1.24. The van der Waals surface area contributed by atoms with Gasteiger partial charge in [0.15, 0.2) is 5.43 Å². The fourth-order valence-electron chi connectivity index (χ4n) is 1.56. The van der Waals surface area contributed by atoms with Crippen LogP contribution in [0.15, 0.2) is 27.4 Å². The lowest BCUT2D eigenvalue weighted by atomic mass is 10.1. The second kappa shape index (κ2) is 3.48. The van der Waals surface area contributed by atoms with Gasteiger partial charge in [-0.2, -0.15) is 0 Å². The highest BCUT2D eigenvalue weighted by atomic mass is 16.4. The van der Waals surface area contributed by atoms with Crippen molar-refractivity contribution < 1.29 is 14.3 Å². The van der Waals surface area contributed by atoms with Gasteiger partial charge in [0.2, 0.25) is 5.76 Å². The van der Waals surface area contributed by atoms with Crippen LogP contribution in [-0.4, -0.2) is 11.1 Å². The Morgan fingerprint density at radius 3 is 2.62 bits per heavy atom. The van der Waals surface area contributed by atoms with E-state index in [1.54, 1.807) is 13.0 Å². The quantitative estimate of drug-likeness (QED) is 0.795. The molecule has 4 nitrogen and oxygen atoms in total. The summed E-state index contributed by atoms with van der Waals surface area (Å²) >= 11 is 0. The summed E-state index contributed by atoms with van der Waals surface area (Å²) in [5, 5.41) is 9.21. The van der Waals surface area contributed by atoms with Gasteiger partial charge < -0.3 is 9.52 Å². The van der Waals surface area contributed by atoms with Gasteiger partial charge in [0.1, 0.15) is 5.58 Å². The molecular weight excluding hydrogens is 208 g/mol. The van der Waals surface area contributed by atoms with Crippen molar-refractivity contribution in [3.05, 3.63) is 45.3 Å². The highest BCUT2D eigenvalue weighted by molar-refractivity contribution is 5.88. The van der Waals surface area contributed by atoms with Gasteiger partial charge in [0.05, 0.1) is 5.39 Å². The number of aromatic carboxylic acids is 1. The Bertz CT molecular complexity index is 637. The first-order valence-electron chi connectivity index (χ1n) is 4.78. The SMILES string of the molecule is Cc1ccc2c(=O)cc(C(=O)O)oc2c1C. The van der Waals surface area contributed by atoms with E-state index in [0.29, 0.717) is 11.0 Å². The van der Waals surface area contributed by atoms with E-state index in [1.165, 1.54) is 0 Å². The molecule has 82 valence electrons. The second-order valence-electron chi connectivity index (χ2n) is 3.66. The lowest BCUT2D eigenvalue weighted by molar-refractivity contribution is 0.0663. The molecule has 2 rings (SSSR count). The van der Waals surface area contributed by atoms with Crippen LogP contribution >= 0.6 is 0 Å². The predicted molar refractivity (Wildman–Crippen MR) is 58.9 cm³/mol. The Balaban J connectivity index is 2.94. The summed E-state index contributed by atoms with van der Waals surface area (Å²) in [7, 11) is 0. The summed E-state index contributed by atoms with van der Waals surface area (Å²) in [5.41, 5.74) is 1.77. The third-order valence-electron chi connectivity index (χ3n) is 2.63. The lowest BCUT2D eigenvalue weighted by Crippen LogP contribution is -2.07. The molecule has 4 heteroatoms. The van der Waals surface area contributed by atoms with Crippen LogP contribution in [0.25, 0.3) is 11.0 Å². The molecule has 0 unspecified atom stereocenters. The van der Waals surface area contributed by atoms with Gasteiger partial charge in [-0.1, -0.05) is 6.07 Å². The fourth-order valence-corrected chi connectivity index (χ4v) is 1.56. The molecule has 0 aliphatic carbocycles. The molecule has 1 heterocycles. The number of aryl methyl sites for hydroxylation is 2. The van der Waals surface area contributed by atoms with Crippen LogP contribution in [0.1, 0.15) is 21.7 Å². The van der Waals surface area contributed by atoms with Crippen molar-refractivity contribution in [2.75, 3.05) is 0 Å². The average molecular weight is 218 g/mol. The normalized spacial score (nSPS) is 10.6. The summed E-state index contributed by atoms with van der Waals surface area (Å²) < 4.78 is 5.22. The van der Waals surface area contributed by atoms with Crippen LogP contribution in [0.5, 0.6) is 0 Å². The molecular formula is C12H10O4. The minimum absolute atomic E-state index is 0.328. The Kier molecular flexibility index (Phi) is 2.27. The molecule has 0 atom stereocenters. The molecule has 0 radical (unpaired) electrons. The third-order valence-corrected chi connectivity index (χ3v) is 2.63. The Morgan fingerprint density at radius 1 is 1.31 bits per heavy atom. The van der Waals surface area contributed by atoms with E-state index in [9.17, 15) is 9.59 Å². The van der Waals surface area contributed by atoms with Gasteiger partial charge in [-0.25, -0.2) is 4.79 Å². The topological polar surface area (TPSA) is 67.5 Å². The molecule has 1 aromatic carbocycles. The van der Waals surface area contributed by atoms with E-state index in [1.807, 2.05) is 13.0 Å². The zero-order valence-electron chi connectivity index (χ0n) is 8.90. The first-order valence-corrected chi connectivity index (χ1v) is 4.78. The largest absolute Gasteiger partial charge is 0.475 e. The minimum Gasteiger partial charge on any atom is -0.475 e. The highest BCUT2D eigenvalue weighted by Crippen LogP contribution is 2.20. The average Bonchev–Trinajstić information content (AvgIpc) is 2.23. The smallest absolute Gasteiger partial charge is 0.371 e. The molecule has 1 aromatic heterocycles. The molecule has 0 saturated carbocycles. The van der Waals surface area contributed by atoms with Crippen molar-refractivity contribution in [2.24, 2.45) is 0 Å². The number of carbonyl (C=O) groups is 1. The van der Waals surface area contributed by atoms with Gasteiger partial charge >= 0.3 is 5.97 Å². The highest BCUT2D eigenvalue weighted by Gasteiger charge is 2.12. The van der Waals surface area contributed by atoms with Gasteiger partial charge in [0.25, 0.3) is 0 Å². The molecule has 0 bridgehead atoms. The molecule has 1 N–H and O–H groups in total. The lowest BCUT2D eigenvalue weighted by Gasteiger charge is -2.04. The standard InChI is InChI=1S/C12H10O4/c1-6-3-4-8-9(13)5-10(12(14)15)16-11(8)7(6)2/h3-5H,1-2H3,(H,14,15). The van der Waals surface area contributed by atoms with Gasteiger partial charge in [0, 0.05) is 6.07 Å². The third kappa shape index (κ3) is 1.48. The summed E-state index contributed by atoms with van der Waals surface area (Å²) in [6.45, 7) is 3.68. The van der Waals surface area contributed by atoms with E-state index in [4.69, 9.17) is 9.52 Å². The maximum Gasteiger partial charge on any atom is 0.371 e. The zero-order valence-corrected chi connectivity index (χ0v) is 8.90. The molecule has 0 aliphatic rings. The number of rotatable bonds is 1. The molecule has 0 spiro atoms. The van der Waals surface area contributed by atoms with Crippen LogP contribution in [-0.2, 0) is 0 Å². The number of benzene rings is 1. The molecule has 2 aromatic rings. The maximum absolute atomic E-state index is 11.6. The molecule has 0 aliphatic heterocycles. The summed E-state index contributed by atoms with van der Waals surface area (Å²) in [6, 6.07) is 4.46. The van der Waals surface area contributed by atoms with Crippen molar-refractivity contribution >= 4 is 16.9 Å². The second-order valence-corrected chi connectivity index (χ2v) is 3.66. The number of hydrogen-bond donors (Lipinski definition) is 1. The number of carboxylic acid groups (broad SMARTS) is 1. The predicted octanol–water partition coefficient (Wildman–Crippen LogP) is 2.11. The van der Waals surface area contributed by atoms with Crippen LogP contribution < -0.4 is 5.43 Å². The van der Waals surface area contributed by atoms with Crippen molar-refractivity contribution in [3.63, 3.8) is 0 Å². The number of fused-ring (bicyclic) bond motifs is 1. The van der Waals surface area contributed by atoms with Crippen molar-refractivity contribution in [1.29, 1.82) is 0 Å². The van der Waals surface area contributed by atoms with E-state index in [0.717, 1.165) is 17.2 Å². The molecule has 0 saturated heterocycles. The summed E-state index contributed by atoms with van der Waals surface area (Å²) in [6.07, 6.45) is 0. The van der Waals surface area contributed by atoms with E-state index in [2.05, 4.69) is 0 Å². The zero-order chi connectivity index (χ0) is 11.9. The summed E-state index contributed by atoms with van der Waals surface area (Å²) in [5.74, 6) is -1.56. The van der Waals surface area contributed by atoms with E-state index < -0.39 is 5.97 Å².